The molecule has 0 aromatic heterocycles. The molecule has 3 nitrogen and oxygen atoms in total. The highest BCUT2D eigenvalue weighted by molar-refractivity contribution is 7.99. The van der Waals surface area contributed by atoms with Gasteiger partial charge in [0.1, 0.15) is 0 Å². The minimum atomic E-state index is 0.0931. The fourth-order valence-electron chi connectivity index (χ4n) is 1.27. The van der Waals surface area contributed by atoms with Crippen molar-refractivity contribution in [3.8, 4) is 0 Å². The summed E-state index contributed by atoms with van der Waals surface area (Å²) in [5.74, 6) is 0.777. The minimum Gasteiger partial charge on any atom is -0.335 e. The smallest absolute Gasteiger partial charge is 0.232 e. The molecular formula is C8H13NO2S. The Balaban J connectivity index is 2.40. The van der Waals surface area contributed by atoms with Crippen LogP contribution in [0.15, 0.2) is 0 Å². The molecule has 0 unspecified atom stereocenters. The summed E-state index contributed by atoms with van der Waals surface area (Å²) in [6.45, 7) is 1.09. The average molecular weight is 187 g/mol. The van der Waals surface area contributed by atoms with Crippen LogP contribution in [-0.2, 0) is 9.59 Å². The third-order valence-electron chi connectivity index (χ3n) is 1.87. The van der Waals surface area contributed by atoms with Gasteiger partial charge in [-0.25, -0.2) is 0 Å². The van der Waals surface area contributed by atoms with Crippen molar-refractivity contribution < 1.29 is 9.59 Å². The molecular weight excluding hydrogens is 174 g/mol. The second kappa shape index (κ2) is 4.50. The summed E-state index contributed by atoms with van der Waals surface area (Å²) in [5, 5.41) is 0. The molecule has 1 saturated heterocycles. The normalized spacial score (nSPS) is 18.1. The summed E-state index contributed by atoms with van der Waals surface area (Å²) in [4.78, 5) is 23.9. The molecule has 4 heteroatoms. The molecule has 0 atom stereocenters. The number of amides is 1. The van der Waals surface area contributed by atoms with Gasteiger partial charge in [0.25, 0.3) is 0 Å². The number of rotatable bonds is 2. The maximum atomic E-state index is 11.3. The van der Waals surface area contributed by atoms with Crippen LogP contribution in [0.3, 0.4) is 0 Å². The van der Waals surface area contributed by atoms with Crippen molar-refractivity contribution in [1.29, 1.82) is 0 Å². The van der Waals surface area contributed by atoms with E-state index in [-0.39, 0.29) is 11.7 Å². The Hall–Kier alpha value is -0.510. The van der Waals surface area contributed by atoms with Gasteiger partial charge in [-0.2, -0.15) is 11.8 Å². The topological polar surface area (TPSA) is 37.4 Å². The molecule has 0 aromatic rings. The molecule has 0 bridgehead atoms. The van der Waals surface area contributed by atoms with Crippen LogP contribution in [0.4, 0.5) is 0 Å². The molecule has 68 valence electrons. The zero-order valence-electron chi connectivity index (χ0n) is 7.21. The second-order valence-corrected chi connectivity index (χ2v) is 3.76. The molecule has 0 N–H and O–H groups in total. The lowest BCUT2D eigenvalue weighted by atomic mass is 10.1. The van der Waals surface area contributed by atoms with Crippen molar-refractivity contribution in [2.45, 2.75) is 12.8 Å². The molecule has 1 rings (SSSR count). The van der Waals surface area contributed by atoms with Gasteiger partial charge in [-0.15, -0.1) is 0 Å². The fraction of sp³-hybridized carbons (Fsp3) is 0.750. The monoisotopic (exact) mass is 187 g/mol. The molecule has 0 spiro atoms. The number of thioether (sulfide) groups is 1. The maximum absolute atomic E-state index is 11.3. The van der Waals surface area contributed by atoms with Crippen LogP contribution in [0, 0.1) is 0 Å². The van der Waals surface area contributed by atoms with E-state index in [0.717, 1.165) is 13.0 Å². The van der Waals surface area contributed by atoms with E-state index in [9.17, 15) is 9.59 Å². The van der Waals surface area contributed by atoms with E-state index in [1.165, 1.54) is 11.8 Å². The Morgan fingerprint density at radius 1 is 1.67 bits per heavy atom. The van der Waals surface area contributed by atoms with E-state index in [4.69, 9.17) is 0 Å². The largest absolute Gasteiger partial charge is 0.335 e. The summed E-state index contributed by atoms with van der Waals surface area (Å²) in [5.41, 5.74) is 0. The molecule has 1 amide bonds. The Kier molecular flexibility index (Phi) is 3.59. The van der Waals surface area contributed by atoms with Crippen LogP contribution in [-0.4, -0.2) is 41.7 Å². The van der Waals surface area contributed by atoms with Gasteiger partial charge in [0.2, 0.25) is 5.91 Å². The molecule has 1 heterocycles. The van der Waals surface area contributed by atoms with Gasteiger partial charge < -0.3 is 4.90 Å². The van der Waals surface area contributed by atoms with Crippen molar-refractivity contribution in [3.63, 3.8) is 0 Å². The zero-order chi connectivity index (χ0) is 8.97. The summed E-state index contributed by atoms with van der Waals surface area (Å²) in [6.07, 6.45) is 3.37. The van der Waals surface area contributed by atoms with Crippen molar-refractivity contribution in [3.05, 3.63) is 0 Å². The summed E-state index contributed by atoms with van der Waals surface area (Å²) in [7, 11) is 0. The molecule has 1 aliphatic rings. The van der Waals surface area contributed by atoms with Crippen molar-refractivity contribution >= 4 is 23.5 Å². The van der Waals surface area contributed by atoms with Gasteiger partial charge in [-0.1, -0.05) is 0 Å². The number of hydrogen-bond donors (Lipinski definition) is 0. The van der Waals surface area contributed by atoms with Crippen molar-refractivity contribution in [2.75, 3.05) is 25.1 Å². The first-order valence-electron chi connectivity index (χ1n) is 4.02. The third-order valence-corrected chi connectivity index (χ3v) is 2.41. The molecule has 0 saturated carbocycles. The van der Waals surface area contributed by atoms with E-state index in [1.54, 1.807) is 4.90 Å². The Bertz CT molecular complexity index is 193. The molecule has 12 heavy (non-hydrogen) atoms. The summed E-state index contributed by atoms with van der Waals surface area (Å²) in [6, 6.07) is 0. The Labute approximate surface area is 76.5 Å². The Morgan fingerprint density at radius 3 is 3.00 bits per heavy atom. The lowest BCUT2D eigenvalue weighted by Crippen LogP contribution is -2.41. The first-order chi connectivity index (χ1) is 5.74. The predicted molar refractivity (Wildman–Crippen MR) is 49.2 cm³/mol. The van der Waals surface area contributed by atoms with E-state index in [1.807, 2.05) is 6.26 Å². The fourth-order valence-corrected chi connectivity index (χ4v) is 1.70. The average Bonchev–Trinajstić information content (AvgIpc) is 2.05. The zero-order valence-corrected chi connectivity index (χ0v) is 8.02. The SMILES string of the molecule is CSCC(=O)N1CCCC(=O)C1. The van der Waals surface area contributed by atoms with Gasteiger partial charge >= 0.3 is 0 Å². The minimum absolute atomic E-state index is 0.0931. The van der Waals surface area contributed by atoms with Gasteiger partial charge in [0.05, 0.1) is 12.3 Å². The summed E-state index contributed by atoms with van der Waals surface area (Å²) >= 11 is 1.50. The Morgan fingerprint density at radius 2 is 2.42 bits per heavy atom. The van der Waals surface area contributed by atoms with Gasteiger partial charge in [-0.05, 0) is 12.7 Å². The number of nitrogens with zero attached hydrogens (tertiary/aromatic N) is 1. The molecule has 0 aromatic carbocycles. The molecule has 1 fully saturated rings. The number of piperidine rings is 1. The van der Waals surface area contributed by atoms with Crippen molar-refractivity contribution in [2.24, 2.45) is 0 Å². The standard InChI is InChI=1S/C8H13NO2S/c1-12-6-8(11)9-4-2-3-7(10)5-9/h2-6H2,1H3. The molecule has 0 aliphatic carbocycles. The highest BCUT2D eigenvalue weighted by atomic mass is 32.2. The summed E-state index contributed by atoms with van der Waals surface area (Å²) < 4.78 is 0. The highest BCUT2D eigenvalue weighted by Crippen LogP contribution is 2.07. The second-order valence-electron chi connectivity index (χ2n) is 2.89. The van der Waals surface area contributed by atoms with Crippen molar-refractivity contribution in [1.82, 2.24) is 4.90 Å². The van der Waals surface area contributed by atoms with Crippen LogP contribution in [0.5, 0.6) is 0 Å². The number of hydrogen-bond acceptors (Lipinski definition) is 3. The number of ketones is 1. The first-order valence-corrected chi connectivity index (χ1v) is 5.42. The maximum Gasteiger partial charge on any atom is 0.232 e. The predicted octanol–water partition coefficient (Wildman–Crippen LogP) is 0.541. The number of carbonyl (C=O) groups excluding carboxylic acids is 2. The van der Waals surface area contributed by atoms with Crippen LogP contribution >= 0.6 is 11.8 Å². The van der Waals surface area contributed by atoms with E-state index < -0.39 is 0 Å². The molecule has 0 radical (unpaired) electrons. The highest BCUT2D eigenvalue weighted by Gasteiger charge is 2.20. The van der Waals surface area contributed by atoms with Crippen LogP contribution in [0.25, 0.3) is 0 Å². The quantitative estimate of drug-likeness (QED) is 0.633. The number of likely N-dealkylation sites (tertiary alicyclic amines) is 1. The van der Waals surface area contributed by atoms with E-state index in [0.29, 0.717) is 18.7 Å². The number of carbonyl (C=O) groups is 2. The molecule has 1 aliphatic heterocycles. The third kappa shape index (κ3) is 2.52. The first kappa shape index (κ1) is 9.58. The lowest BCUT2D eigenvalue weighted by Gasteiger charge is -2.25. The van der Waals surface area contributed by atoms with E-state index >= 15 is 0 Å². The van der Waals surface area contributed by atoms with Gasteiger partial charge in [0, 0.05) is 13.0 Å². The van der Waals surface area contributed by atoms with Crippen LogP contribution in [0.2, 0.25) is 0 Å². The lowest BCUT2D eigenvalue weighted by molar-refractivity contribution is -0.135. The van der Waals surface area contributed by atoms with Gasteiger partial charge in [-0.3, -0.25) is 9.59 Å². The number of Topliss-reactive ketones (excluding diaryl/α,β-unsaturated/α-hetero) is 1. The van der Waals surface area contributed by atoms with Crippen LogP contribution < -0.4 is 0 Å². The van der Waals surface area contributed by atoms with Crippen LogP contribution in [0.1, 0.15) is 12.8 Å². The van der Waals surface area contributed by atoms with E-state index in [2.05, 4.69) is 0 Å². The van der Waals surface area contributed by atoms with Gasteiger partial charge in [0.15, 0.2) is 5.78 Å².